The summed E-state index contributed by atoms with van der Waals surface area (Å²) in [7, 11) is 0. The van der Waals surface area contributed by atoms with Gasteiger partial charge >= 0.3 is 0 Å². The van der Waals surface area contributed by atoms with E-state index in [-0.39, 0.29) is 0 Å². The Morgan fingerprint density at radius 2 is 1.80 bits per heavy atom. The zero-order valence-electron chi connectivity index (χ0n) is 14.0. The zero-order chi connectivity index (χ0) is 16.6. The second kappa shape index (κ2) is 5.88. The second-order valence-electron chi connectivity index (χ2n) is 6.83. The maximum Gasteiger partial charge on any atom is 0.116 e. The van der Waals surface area contributed by atoms with Gasteiger partial charge in [0.05, 0.1) is 5.69 Å². The number of aromatic amines is 2. The Hall–Kier alpha value is -2.88. The fourth-order valence-electron chi connectivity index (χ4n) is 3.95. The van der Waals surface area contributed by atoms with Crippen LogP contribution in [-0.4, -0.2) is 20.4 Å². The average molecular weight is 328 g/mol. The number of hydrogen-bond donors (Lipinski definition) is 2. The van der Waals surface area contributed by atoms with Crippen LogP contribution in [0.1, 0.15) is 35.4 Å². The molecule has 0 saturated heterocycles. The molecule has 1 aliphatic rings. The number of aryl methyl sites for hydroxylation is 2. The topological polar surface area (TPSA) is 57.4 Å². The van der Waals surface area contributed by atoms with E-state index in [1.807, 2.05) is 6.07 Å². The molecule has 124 valence electrons. The highest BCUT2D eigenvalue weighted by Gasteiger charge is 2.17. The molecular weight excluding hydrogens is 308 g/mol. The van der Waals surface area contributed by atoms with Crippen LogP contribution >= 0.6 is 0 Å². The van der Waals surface area contributed by atoms with Crippen LogP contribution in [0.3, 0.4) is 0 Å². The number of benzene rings is 2. The van der Waals surface area contributed by atoms with Crippen molar-refractivity contribution in [3.8, 4) is 11.3 Å². The third kappa shape index (κ3) is 2.54. The normalized spacial score (nSPS) is 13.9. The van der Waals surface area contributed by atoms with E-state index < -0.39 is 0 Å². The minimum absolute atomic E-state index is 0.788. The van der Waals surface area contributed by atoms with Gasteiger partial charge in [-0.3, -0.25) is 0 Å². The number of aromatic nitrogens is 4. The van der Waals surface area contributed by atoms with Crippen molar-refractivity contribution in [3.63, 3.8) is 0 Å². The summed E-state index contributed by atoms with van der Waals surface area (Å²) in [6.07, 6.45) is 5.71. The molecular formula is C21H20N4. The van der Waals surface area contributed by atoms with Gasteiger partial charge in [0.2, 0.25) is 0 Å². The van der Waals surface area contributed by atoms with Gasteiger partial charge in [-0.25, -0.2) is 0 Å². The van der Waals surface area contributed by atoms with Crippen LogP contribution in [0.25, 0.3) is 22.2 Å². The van der Waals surface area contributed by atoms with Crippen LogP contribution in [0.5, 0.6) is 0 Å². The smallest absolute Gasteiger partial charge is 0.116 e. The Kier molecular flexibility index (Phi) is 3.40. The predicted molar refractivity (Wildman–Crippen MR) is 99.6 cm³/mol. The molecule has 0 amide bonds. The highest BCUT2D eigenvalue weighted by atomic mass is 15.3. The van der Waals surface area contributed by atoms with E-state index in [1.54, 1.807) is 0 Å². The fourth-order valence-corrected chi connectivity index (χ4v) is 3.95. The lowest BCUT2D eigenvalue weighted by Gasteiger charge is -2.10. The molecule has 2 aromatic carbocycles. The van der Waals surface area contributed by atoms with Crippen LogP contribution in [-0.2, 0) is 19.3 Å². The molecule has 4 heteroatoms. The lowest BCUT2D eigenvalue weighted by Crippen LogP contribution is -2.00. The average Bonchev–Trinajstić information content (AvgIpc) is 3.26. The largest absolute Gasteiger partial charge is 0.358 e. The molecule has 0 fully saturated rings. The zero-order valence-corrected chi connectivity index (χ0v) is 14.0. The maximum absolute atomic E-state index is 4.44. The van der Waals surface area contributed by atoms with Crippen LogP contribution < -0.4 is 0 Å². The van der Waals surface area contributed by atoms with Crippen LogP contribution in [0.2, 0.25) is 0 Å². The van der Waals surface area contributed by atoms with Gasteiger partial charge in [0.25, 0.3) is 0 Å². The van der Waals surface area contributed by atoms with Gasteiger partial charge in [-0.1, -0.05) is 36.4 Å². The van der Waals surface area contributed by atoms with Crippen molar-refractivity contribution >= 4 is 10.9 Å². The number of rotatable bonds is 3. The van der Waals surface area contributed by atoms with Gasteiger partial charge in [-0.05, 0) is 48.9 Å². The molecule has 5 rings (SSSR count). The first-order valence-corrected chi connectivity index (χ1v) is 8.96. The molecule has 0 bridgehead atoms. The predicted octanol–water partition coefficient (Wildman–Crippen LogP) is 4.42. The fraction of sp³-hybridized carbons (Fsp3) is 0.238. The first kappa shape index (κ1) is 14.5. The van der Waals surface area contributed by atoms with Gasteiger partial charge in [0, 0.05) is 28.6 Å². The molecule has 4 aromatic rings. The Balaban J connectivity index is 1.56. The number of hydrogen-bond acceptors (Lipinski definition) is 2. The number of nitrogens with zero attached hydrogens (tertiary/aromatic N) is 2. The van der Waals surface area contributed by atoms with E-state index in [0.29, 0.717) is 0 Å². The maximum atomic E-state index is 4.44. The van der Waals surface area contributed by atoms with Crippen molar-refractivity contribution in [3.05, 3.63) is 71.0 Å². The Morgan fingerprint density at radius 1 is 0.920 bits per heavy atom. The molecule has 2 heterocycles. The molecule has 0 saturated carbocycles. The van der Waals surface area contributed by atoms with Crippen LogP contribution in [0, 0.1) is 0 Å². The first-order valence-electron chi connectivity index (χ1n) is 8.96. The van der Waals surface area contributed by atoms with E-state index in [0.717, 1.165) is 23.4 Å². The highest BCUT2D eigenvalue weighted by Crippen LogP contribution is 2.32. The van der Waals surface area contributed by atoms with Gasteiger partial charge in [-0.15, -0.1) is 0 Å². The van der Waals surface area contributed by atoms with Gasteiger partial charge < -0.3 is 4.98 Å². The SMILES string of the molecule is c1ccc(Cc2n[nH]nc2-c2ccc3[nH]c4c(c3c2)CCCC4)cc1. The molecule has 1 aliphatic carbocycles. The van der Waals surface area contributed by atoms with Crippen molar-refractivity contribution in [2.24, 2.45) is 0 Å². The van der Waals surface area contributed by atoms with E-state index >= 15 is 0 Å². The number of nitrogens with one attached hydrogen (secondary N) is 2. The third-order valence-electron chi connectivity index (χ3n) is 5.21. The van der Waals surface area contributed by atoms with Crippen molar-refractivity contribution in [2.45, 2.75) is 32.1 Å². The molecule has 0 aliphatic heterocycles. The Morgan fingerprint density at radius 3 is 2.72 bits per heavy atom. The lowest BCUT2D eigenvalue weighted by atomic mass is 9.94. The minimum atomic E-state index is 0.788. The molecule has 0 spiro atoms. The van der Waals surface area contributed by atoms with Gasteiger partial charge in [-0.2, -0.15) is 15.4 Å². The van der Waals surface area contributed by atoms with E-state index in [9.17, 15) is 0 Å². The summed E-state index contributed by atoms with van der Waals surface area (Å²) < 4.78 is 0. The summed E-state index contributed by atoms with van der Waals surface area (Å²) in [6.45, 7) is 0. The second-order valence-corrected chi connectivity index (χ2v) is 6.83. The summed E-state index contributed by atoms with van der Waals surface area (Å²) >= 11 is 0. The monoisotopic (exact) mass is 328 g/mol. The van der Waals surface area contributed by atoms with Gasteiger partial charge in [0.15, 0.2) is 0 Å². The standard InChI is InChI=1S/C21H20N4/c1-2-6-14(7-3-1)12-20-21(24-25-23-20)15-10-11-19-17(13-15)16-8-4-5-9-18(16)22-19/h1-3,6-7,10-11,13,22H,4-5,8-9,12H2,(H,23,24,25). The van der Waals surface area contributed by atoms with Crippen molar-refractivity contribution in [1.82, 2.24) is 20.4 Å². The van der Waals surface area contributed by atoms with Crippen molar-refractivity contribution in [2.75, 3.05) is 0 Å². The van der Waals surface area contributed by atoms with Crippen LogP contribution in [0.4, 0.5) is 0 Å². The quantitative estimate of drug-likeness (QED) is 0.585. The molecule has 0 radical (unpaired) electrons. The molecule has 25 heavy (non-hydrogen) atoms. The number of fused-ring (bicyclic) bond motifs is 3. The Bertz CT molecular complexity index is 1030. The first-order chi connectivity index (χ1) is 12.4. The van der Waals surface area contributed by atoms with E-state index in [2.05, 4.69) is 62.9 Å². The molecule has 0 atom stereocenters. The lowest BCUT2D eigenvalue weighted by molar-refractivity contribution is 0.680. The molecule has 4 nitrogen and oxygen atoms in total. The summed E-state index contributed by atoms with van der Waals surface area (Å²) in [5, 5.41) is 13.0. The molecule has 2 aromatic heterocycles. The summed E-state index contributed by atoms with van der Waals surface area (Å²) in [4.78, 5) is 3.60. The van der Waals surface area contributed by atoms with Crippen molar-refractivity contribution in [1.29, 1.82) is 0 Å². The summed E-state index contributed by atoms with van der Waals surface area (Å²) in [5.74, 6) is 0. The Labute approximate surface area is 146 Å². The minimum Gasteiger partial charge on any atom is -0.358 e. The highest BCUT2D eigenvalue weighted by molar-refractivity contribution is 5.89. The summed E-state index contributed by atoms with van der Waals surface area (Å²) in [6, 6.07) is 17.0. The van der Waals surface area contributed by atoms with Crippen LogP contribution in [0.15, 0.2) is 48.5 Å². The molecule has 0 unspecified atom stereocenters. The van der Waals surface area contributed by atoms with E-state index in [1.165, 1.54) is 53.4 Å². The molecule has 2 N–H and O–H groups in total. The number of H-pyrrole nitrogens is 2. The van der Waals surface area contributed by atoms with E-state index in [4.69, 9.17) is 0 Å². The van der Waals surface area contributed by atoms with Gasteiger partial charge in [0.1, 0.15) is 5.69 Å². The van der Waals surface area contributed by atoms with Crippen molar-refractivity contribution < 1.29 is 0 Å². The summed E-state index contributed by atoms with van der Waals surface area (Å²) in [5.41, 5.74) is 8.49. The third-order valence-corrected chi connectivity index (χ3v) is 5.21.